The largest absolute Gasteiger partial charge is 0.481 e. The predicted molar refractivity (Wildman–Crippen MR) is 131 cm³/mol. The highest BCUT2D eigenvalue weighted by Gasteiger charge is 2.42. The highest BCUT2D eigenvalue weighted by Crippen LogP contribution is 2.44. The van der Waals surface area contributed by atoms with Crippen LogP contribution < -0.4 is 10.6 Å². The molecule has 2 fully saturated rings. The number of hydrogen-bond donors (Lipinski definition) is 3. The van der Waals surface area contributed by atoms with Crippen LogP contribution in [0.3, 0.4) is 0 Å². The summed E-state index contributed by atoms with van der Waals surface area (Å²) in [5.74, 6) is -1.20. The van der Waals surface area contributed by atoms with Crippen LogP contribution in [0.2, 0.25) is 0 Å². The lowest BCUT2D eigenvalue weighted by Crippen LogP contribution is -2.56. The van der Waals surface area contributed by atoms with E-state index in [0.717, 1.165) is 25.7 Å². The van der Waals surface area contributed by atoms with Crippen molar-refractivity contribution in [3.8, 4) is 11.1 Å². The van der Waals surface area contributed by atoms with Crippen LogP contribution in [0.25, 0.3) is 11.1 Å². The first kappa shape index (κ1) is 23.4. The van der Waals surface area contributed by atoms with E-state index in [1.165, 1.54) is 22.3 Å². The number of alkyl carbamates (subject to hydrolysis) is 1. The highest BCUT2D eigenvalue weighted by atomic mass is 16.5. The third-order valence-electron chi connectivity index (χ3n) is 7.90. The Kier molecular flexibility index (Phi) is 6.50. The summed E-state index contributed by atoms with van der Waals surface area (Å²) in [4.78, 5) is 36.8. The fraction of sp³-hybridized carbons (Fsp3) is 0.464. The molecule has 7 heteroatoms. The molecule has 2 saturated carbocycles. The molecule has 5 rings (SSSR count). The van der Waals surface area contributed by atoms with Crippen LogP contribution in [0.4, 0.5) is 4.79 Å². The van der Waals surface area contributed by atoms with E-state index < -0.39 is 17.6 Å². The molecule has 2 amide bonds. The van der Waals surface area contributed by atoms with E-state index in [4.69, 9.17) is 4.74 Å². The van der Waals surface area contributed by atoms with E-state index in [0.29, 0.717) is 19.3 Å². The fourth-order valence-electron chi connectivity index (χ4n) is 5.97. The minimum absolute atomic E-state index is 0.00549. The molecule has 2 atom stereocenters. The van der Waals surface area contributed by atoms with Crippen LogP contribution in [0.1, 0.15) is 68.4 Å². The number of ether oxygens (including phenoxy) is 1. The summed E-state index contributed by atoms with van der Waals surface area (Å²) in [6, 6.07) is 16.3. The van der Waals surface area contributed by atoms with Crippen molar-refractivity contribution in [2.24, 2.45) is 5.92 Å². The normalized spacial score (nSPS) is 22.3. The molecule has 2 aromatic carbocycles. The number of carbonyl (C=O) groups is 3. The van der Waals surface area contributed by atoms with Gasteiger partial charge in [-0.2, -0.15) is 0 Å². The summed E-state index contributed by atoms with van der Waals surface area (Å²) in [5.41, 5.74) is 4.11. The van der Waals surface area contributed by atoms with Gasteiger partial charge in [0.1, 0.15) is 6.61 Å². The molecule has 0 heterocycles. The monoisotopic (exact) mass is 476 g/mol. The van der Waals surface area contributed by atoms with Gasteiger partial charge in [-0.3, -0.25) is 9.59 Å². The van der Waals surface area contributed by atoms with Crippen LogP contribution in [-0.2, 0) is 14.3 Å². The maximum atomic E-state index is 12.9. The smallest absolute Gasteiger partial charge is 0.407 e. The maximum Gasteiger partial charge on any atom is 0.407 e. The van der Waals surface area contributed by atoms with Gasteiger partial charge in [0.05, 0.1) is 12.0 Å². The number of carboxylic acid groups (broad SMARTS) is 1. The number of benzene rings is 2. The number of amides is 2. The molecule has 2 aromatic rings. The van der Waals surface area contributed by atoms with Crippen LogP contribution in [0.5, 0.6) is 0 Å². The van der Waals surface area contributed by atoms with Crippen molar-refractivity contribution in [1.82, 2.24) is 10.6 Å². The van der Waals surface area contributed by atoms with Gasteiger partial charge in [0.25, 0.3) is 0 Å². The van der Waals surface area contributed by atoms with Gasteiger partial charge in [-0.15, -0.1) is 0 Å². The number of aliphatic carboxylic acids is 1. The summed E-state index contributed by atoms with van der Waals surface area (Å²) >= 11 is 0. The Balaban J connectivity index is 1.15. The molecule has 3 aliphatic rings. The third kappa shape index (κ3) is 4.90. The minimum Gasteiger partial charge on any atom is -0.481 e. The van der Waals surface area contributed by atoms with Crippen molar-refractivity contribution in [3.63, 3.8) is 0 Å². The zero-order valence-electron chi connectivity index (χ0n) is 19.8. The SMILES string of the molecule is O=C(O)CC1(NC(=O)[C@@H]2CCC[C@H](NC(=O)OCC3c4ccccc4-c4ccccc43)C2)CCC1. The summed E-state index contributed by atoms with van der Waals surface area (Å²) in [5, 5.41) is 15.2. The van der Waals surface area contributed by atoms with E-state index in [1.807, 2.05) is 24.3 Å². The van der Waals surface area contributed by atoms with Crippen LogP contribution in [0.15, 0.2) is 48.5 Å². The van der Waals surface area contributed by atoms with Crippen molar-refractivity contribution < 1.29 is 24.2 Å². The van der Waals surface area contributed by atoms with Crippen molar-refractivity contribution in [2.45, 2.75) is 68.9 Å². The summed E-state index contributed by atoms with van der Waals surface area (Å²) in [6.45, 7) is 0.258. The molecule has 3 N–H and O–H groups in total. The van der Waals surface area contributed by atoms with Gasteiger partial charge >= 0.3 is 12.1 Å². The molecule has 0 unspecified atom stereocenters. The van der Waals surface area contributed by atoms with Crippen molar-refractivity contribution in [3.05, 3.63) is 59.7 Å². The molecule has 0 spiro atoms. The second kappa shape index (κ2) is 9.72. The number of hydrogen-bond acceptors (Lipinski definition) is 4. The van der Waals surface area contributed by atoms with Gasteiger partial charge in [0, 0.05) is 17.9 Å². The Morgan fingerprint density at radius 1 is 0.943 bits per heavy atom. The summed E-state index contributed by atoms with van der Waals surface area (Å²) < 4.78 is 5.67. The number of fused-ring (bicyclic) bond motifs is 3. The Hall–Kier alpha value is -3.35. The Morgan fingerprint density at radius 2 is 1.60 bits per heavy atom. The van der Waals surface area contributed by atoms with Crippen molar-refractivity contribution in [2.75, 3.05) is 6.61 Å². The minimum atomic E-state index is -0.886. The van der Waals surface area contributed by atoms with E-state index in [2.05, 4.69) is 34.9 Å². The van der Waals surface area contributed by atoms with Gasteiger partial charge in [0.2, 0.25) is 5.91 Å². The number of rotatable bonds is 7. The quantitative estimate of drug-likeness (QED) is 0.542. The fourth-order valence-corrected chi connectivity index (χ4v) is 5.97. The molecule has 184 valence electrons. The molecular weight excluding hydrogens is 444 g/mol. The molecule has 3 aliphatic carbocycles. The number of carboxylic acids is 1. The molecule has 0 bridgehead atoms. The van der Waals surface area contributed by atoms with E-state index in [1.54, 1.807) is 0 Å². The molecule has 0 saturated heterocycles. The first-order valence-electron chi connectivity index (χ1n) is 12.6. The summed E-state index contributed by atoms with van der Waals surface area (Å²) in [7, 11) is 0. The lowest BCUT2D eigenvalue weighted by molar-refractivity contribution is -0.141. The zero-order valence-corrected chi connectivity index (χ0v) is 19.8. The standard InChI is InChI=1S/C28H32N2O5/c31-25(32)16-28(13-6-14-28)30-26(33)18-7-5-8-19(15-18)29-27(34)35-17-24-22-11-3-1-9-20(22)21-10-2-4-12-23(21)24/h1-4,9-12,18-19,24H,5-8,13-17H2,(H,29,34)(H,30,33)(H,31,32)/t18-,19+/m1/s1. The average molecular weight is 477 g/mol. The van der Waals surface area contributed by atoms with Crippen molar-refractivity contribution in [1.29, 1.82) is 0 Å². The third-order valence-corrected chi connectivity index (χ3v) is 7.90. The first-order chi connectivity index (χ1) is 16.9. The maximum absolute atomic E-state index is 12.9. The zero-order chi connectivity index (χ0) is 24.4. The molecule has 7 nitrogen and oxygen atoms in total. The predicted octanol–water partition coefficient (Wildman–Crippen LogP) is 4.60. The second-order valence-electron chi connectivity index (χ2n) is 10.2. The van der Waals surface area contributed by atoms with Gasteiger partial charge in [-0.1, -0.05) is 55.0 Å². The highest BCUT2D eigenvalue weighted by molar-refractivity contribution is 5.81. The van der Waals surface area contributed by atoms with Gasteiger partial charge < -0.3 is 20.5 Å². The van der Waals surface area contributed by atoms with Crippen molar-refractivity contribution >= 4 is 18.0 Å². The Labute approximate surface area is 205 Å². The Morgan fingerprint density at radius 3 is 2.20 bits per heavy atom. The lowest BCUT2D eigenvalue weighted by atomic mass is 9.73. The van der Waals surface area contributed by atoms with E-state index in [-0.39, 0.29) is 36.8 Å². The van der Waals surface area contributed by atoms with Crippen LogP contribution in [-0.4, -0.2) is 41.3 Å². The van der Waals surface area contributed by atoms with Crippen LogP contribution >= 0.6 is 0 Å². The van der Waals surface area contributed by atoms with Gasteiger partial charge in [-0.05, 0) is 60.8 Å². The molecule has 0 radical (unpaired) electrons. The molecular formula is C28H32N2O5. The number of carbonyl (C=O) groups excluding carboxylic acids is 2. The Bertz CT molecular complexity index is 1080. The van der Waals surface area contributed by atoms with E-state index >= 15 is 0 Å². The summed E-state index contributed by atoms with van der Waals surface area (Å²) in [6.07, 6.45) is 4.78. The molecule has 35 heavy (non-hydrogen) atoms. The lowest BCUT2D eigenvalue weighted by Gasteiger charge is -2.43. The topological polar surface area (TPSA) is 105 Å². The van der Waals surface area contributed by atoms with Gasteiger partial charge in [-0.25, -0.2) is 4.79 Å². The average Bonchev–Trinajstić information content (AvgIpc) is 3.15. The first-order valence-corrected chi connectivity index (χ1v) is 12.6. The van der Waals surface area contributed by atoms with Gasteiger partial charge in [0.15, 0.2) is 0 Å². The second-order valence-corrected chi connectivity index (χ2v) is 10.2. The molecule has 0 aliphatic heterocycles. The molecule has 0 aromatic heterocycles. The van der Waals surface area contributed by atoms with Crippen LogP contribution in [0, 0.1) is 5.92 Å². The van der Waals surface area contributed by atoms with E-state index in [9.17, 15) is 19.5 Å². The number of nitrogens with one attached hydrogen (secondary N) is 2.